The van der Waals surface area contributed by atoms with Crippen LogP contribution >= 0.6 is 0 Å². The molecule has 6 nitrogen and oxygen atoms in total. The molecule has 1 saturated heterocycles. The van der Waals surface area contributed by atoms with Gasteiger partial charge in [-0.2, -0.15) is 0 Å². The number of amides is 1. The van der Waals surface area contributed by atoms with Gasteiger partial charge in [-0.25, -0.2) is 4.98 Å². The highest BCUT2D eigenvalue weighted by Gasteiger charge is 2.55. The van der Waals surface area contributed by atoms with Crippen LogP contribution in [-0.2, 0) is 4.79 Å². The summed E-state index contributed by atoms with van der Waals surface area (Å²) in [6.45, 7) is 0.846. The molecule has 0 spiro atoms. The average molecular weight is 358 g/mol. The number of carbonyl (C=O) groups is 2. The molecule has 3 fully saturated rings. The number of aromatic nitrogens is 1. The largest absolute Gasteiger partial charge is 0.481 e. The topological polar surface area (TPSA) is 79.7 Å². The fraction of sp³-hybridized carbons (Fsp3) is 0.650. The number of pyridine rings is 1. The van der Waals surface area contributed by atoms with E-state index in [1.54, 1.807) is 23.2 Å². The van der Waals surface area contributed by atoms with E-state index in [9.17, 15) is 14.7 Å². The number of carboxylic acid groups (broad SMARTS) is 1. The number of hydrogen-bond acceptors (Lipinski definition) is 4. The van der Waals surface area contributed by atoms with Crippen molar-refractivity contribution in [3.05, 3.63) is 23.9 Å². The quantitative estimate of drug-likeness (QED) is 0.894. The summed E-state index contributed by atoms with van der Waals surface area (Å²) in [7, 11) is 0. The van der Waals surface area contributed by atoms with Crippen LogP contribution in [0.15, 0.2) is 18.3 Å². The fourth-order valence-electron chi connectivity index (χ4n) is 4.94. The standard InChI is InChI=1S/C20H26N2O4/c23-18(22-12-15-5-4-9-20(15,13-22)19(24)25)14-8-10-21-17(11-14)26-16-6-2-1-3-7-16/h8,10-11,15-16H,1-7,9,12-13H2,(H,24,25)/t15-,20+/m0/s1. The molecule has 0 bridgehead atoms. The second-order valence-electron chi connectivity index (χ2n) is 8.00. The van der Waals surface area contributed by atoms with E-state index in [-0.39, 0.29) is 17.9 Å². The van der Waals surface area contributed by atoms with Gasteiger partial charge in [0.25, 0.3) is 5.91 Å². The van der Waals surface area contributed by atoms with Crippen molar-refractivity contribution in [1.29, 1.82) is 0 Å². The SMILES string of the molecule is O=C(c1ccnc(OC2CCCCC2)c1)N1C[C@@H]2CCC[C@@]2(C(=O)O)C1. The van der Waals surface area contributed by atoms with Crippen molar-refractivity contribution in [2.75, 3.05) is 13.1 Å². The molecular formula is C20H26N2O4. The van der Waals surface area contributed by atoms with E-state index in [1.807, 2.05) is 0 Å². The highest BCUT2D eigenvalue weighted by atomic mass is 16.5. The Hall–Kier alpha value is -2.11. The molecule has 6 heteroatoms. The van der Waals surface area contributed by atoms with Crippen molar-refractivity contribution in [1.82, 2.24) is 9.88 Å². The van der Waals surface area contributed by atoms with E-state index >= 15 is 0 Å². The van der Waals surface area contributed by atoms with Gasteiger partial charge in [-0.1, -0.05) is 12.8 Å². The van der Waals surface area contributed by atoms with Crippen molar-refractivity contribution in [3.8, 4) is 5.88 Å². The molecule has 1 aromatic rings. The maximum absolute atomic E-state index is 12.9. The second-order valence-corrected chi connectivity index (χ2v) is 8.00. The smallest absolute Gasteiger partial charge is 0.311 e. The van der Waals surface area contributed by atoms with Crippen LogP contribution in [0.2, 0.25) is 0 Å². The highest BCUT2D eigenvalue weighted by Crippen LogP contribution is 2.49. The summed E-state index contributed by atoms with van der Waals surface area (Å²) in [6.07, 6.45) is 9.97. The zero-order valence-corrected chi connectivity index (χ0v) is 15.0. The summed E-state index contributed by atoms with van der Waals surface area (Å²) in [4.78, 5) is 30.7. The normalized spacial score (nSPS) is 28.8. The van der Waals surface area contributed by atoms with Gasteiger partial charge in [0.1, 0.15) is 6.10 Å². The van der Waals surface area contributed by atoms with Crippen molar-refractivity contribution in [3.63, 3.8) is 0 Å². The van der Waals surface area contributed by atoms with E-state index in [0.717, 1.165) is 25.7 Å². The minimum Gasteiger partial charge on any atom is -0.481 e. The second kappa shape index (κ2) is 6.89. The van der Waals surface area contributed by atoms with E-state index in [0.29, 0.717) is 31.0 Å². The Labute approximate surface area is 153 Å². The maximum Gasteiger partial charge on any atom is 0.311 e. The summed E-state index contributed by atoms with van der Waals surface area (Å²) in [5.74, 6) is -0.305. The molecule has 0 unspecified atom stereocenters. The van der Waals surface area contributed by atoms with Gasteiger partial charge in [0, 0.05) is 30.9 Å². The van der Waals surface area contributed by atoms with Gasteiger partial charge in [0.15, 0.2) is 0 Å². The number of rotatable bonds is 4. The van der Waals surface area contributed by atoms with Crippen LogP contribution in [0.3, 0.4) is 0 Å². The predicted molar refractivity (Wildman–Crippen MR) is 95.1 cm³/mol. The third-order valence-corrected chi connectivity index (χ3v) is 6.41. The Morgan fingerprint density at radius 2 is 2.00 bits per heavy atom. The first-order chi connectivity index (χ1) is 12.6. The zero-order valence-electron chi connectivity index (χ0n) is 15.0. The Kier molecular flexibility index (Phi) is 4.59. The van der Waals surface area contributed by atoms with E-state index < -0.39 is 11.4 Å². The molecule has 0 aromatic carbocycles. The molecule has 2 aliphatic carbocycles. The summed E-state index contributed by atoms with van der Waals surface area (Å²) < 4.78 is 5.97. The van der Waals surface area contributed by atoms with E-state index in [2.05, 4.69) is 4.98 Å². The van der Waals surface area contributed by atoms with Crippen molar-refractivity contribution < 1.29 is 19.4 Å². The lowest BCUT2D eigenvalue weighted by Crippen LogP contribution is -2.37. The van der Waals surface area contributed by atoms with Gasteiger partial charge >= 0.3 is 5.97 Å². The van der Waals surface area contributed by atoms with Crippen LogP contribution in [-0.4, -0.2) is 46.1 Å². The number of fused-ring (bicyclic) bond motifs is 1. The molecule has 2 saturated carbocycles. The minimum atomic E-state index is -0.758. The lowest BCUT2D eigenvalue weighted by molar-refractivity contribution is -0.149. The van der Waals surface area contributed by atoms with E-state index in [4.69, 9.17) is 4.74 Å². The molecule has 1 N–H and O–H groups in total. The van der Waals surface area contributed by atoms with Gasteiger partial charge in [-0.05, 0) is 50.5 Å². The first-order valence-corrected chi connectivity index (χ1v) is 9.74. The number of carbonyl (C=O) groups excluding carboxylic acids is 1. The molecule has 0 radical (unpaired) electrons. The Bertz CT molecular complexity index is 701. The molecule has 1 aromatic heterocycles. The molecule has 2 atom stereocenters. The van der Waals surface area contributed by atoms with Crippen molar-refractivity contribution in [2.24, 2.45) is 11.3 Å². The van der Waals surface area contributed by atoms with Crippen molar-refractivity contribution >= 4 is 11.9 Å². The third-order valence-electron chi connectivity index (χ3n) is 6.41. The first-order valence-electron chi connectivity index (χ1n) is 9.74. The molecule has 26 heavy (non-hydrogen) atoms. The number of likely N-dealkylation sites (tertiary alicyclic amines) is 1. The van der Waals surface area contributed by atoms with Crippen LogP contribution in [0.5, 0.6) is 5.88 Å². The van der Waals surface area contributed by atoms with Gasteiger partial charge in [-0.15, -0.1) is 0 Å². The number of aliphatic carboxylic acids is 1. The van der Waals surface area contributed by atoms with Gasteiger partial charge in [0.2, 0.25) is 5.88 Å². The summed E-state index contributed by atoms with van der Waals surface area (Å²) in [6, 6.07) is 3.40. The van der Waals surface area contributed by atoms with E-state index in [1.165, 1.54) is 19.3 Å². The van der Waals surface area contributed by atoms with Crippen LogP contribution in [0.25, 0.3) is 0 Å². The number of hydrogen-bond donors (Lipinski definition) is 1. The lowest BCUT2D eigenvalue weighted by Gasteiger charge is -2.24. The van der Waals surface area contributed by atoms with Gasteiger partial charge in [0.05, 0.1) is 5.41 Å². The summed E-state index contributed by atoms with van der Waals surface area (Å²) in [5.41, 5.74) is -0.212. The molecule has 2 heterocycles. The highest BCUT2D eigenvalue weighted by molar-refractivity contribution is 5.95. The Morgan fingerprint density at radius 3 is 2.73 bits per heavy atom. The fourth-order valence-corrected chi connectivity index (χ4v) is 4.94. The average Bonchev–Trinajstić information content (AvgIpc) is 3.21. The monoisotopic (exact) mass is 358 g/mol. The van der Waals surface area contributed by atoms with Crippen molar-refractivity contribution in [2.45, 2.75) is 57.5 Å². The Morgan fingerprint density at radius 1 is 1.19 bits per heavy atom. The first kappa shape index (κ1) is 17.3. The van der Waals surface area contributed by atoms with Crippen LogP contribution < -0.4 is 4.74 Å². The molecule has 140 valence electrons. The third kappa shape index (κ3) is 3.06. The summed E-state index contributed by atoms with van der Waals surface area (Å²) >= 11 is 0. The molecular weight excluding hydrogens is 332 g/mol. The summed E-state index contributed by atoms with van der Waals surface area (Å²) in [5, 5.41) is 9.70. The molecule has 1 amide bonds. The molecule has 3 aliphatic rings. The maximum atomic E-state index is 12.9. The van der Waals surface area contributed by atoms with Crippen LogP contribution in [0.1, 0.15) is 61.7 Å². The van der Waals surface area contributed by atoms with Crippen LogP contribution in [0, 0.1) is 11.3 Å². The predicted octanol–water partition coefficient (Wildman–Crippen LogP) is 3.12. The Balaban J connectivity index is 1.47. The number of carboxylic acids is 1. The number of nitrogens with zero attached hydrogens (tertiary/aromatic N) is 2. The molecule has 4 rings (SSSR count). The lowest BCUT2D eigenvalue weighted by atomic mass is 9.81. The number of ether oxygens (including phenoxy) is 1. The zero-order chi connectivity index (χ0) is 18.1. The van der Waals surface area contributed by atoms with Gasteiger partial charge < -0.3 is 14.7 Å². The van der Waals surface area contributed by atoms with Gasteiger partial charge in [-0.3, -0.25) is 9.59 Å². The molecule has 1 aliphatic heterocycles. The van der Waals surface area contributed by atoms with Crippen LogP contribution in [0.4, 0.5) is 0 Å². The minimum absolute atomic E-state index is 0.0729.